The van der Waals surface area contributed by atoms with Gasteiger partial charge in [-0.1, -0.05) is 12.1 Å². The summed E-state index contributed by atoms with van der Waals surface area (Å²) >= 11 is 0. The number of amides is 2. The first kappa shape index (κ1) is 22.5. The highest BCUT2D eigenvalue weighted by molar-refractivity contribution is 7.89. The Morgan fingerprint density at radius 3 is 2.23 bits per heavy atom. The minimum atomic E-state index is -3.86. The number of nitriles is 1. The van der Waals surface area contributed by atoms with Crippen molar-refractivity contribution in [1.82, 2.24) is 14.5 Å². The Balaban J connectivity index is 1.70. The fourth-order valence-electron chi connectivity index (χ4n) is 3.16. The van der Waals surface area contributed by atoms with Crippen molar-refractivity contribution < 1.29 is 18.0 Å². The number of hydrogen-bond donors (Lipinski definition) is 1. The Kier molecular flexibility index (Phi) is 6.73. The molecule has 1 N–H and O–H groups in total. The molecule has 1 saturated carbocycles. The maximum absolute atomic E-state index is 13.0. The summed E-state index contributed by atoms with van der Waals surface area (Å²) in [7, 11) is -0.925. The molecule has 2 aromatic rings. The SMILES string of the molecule is CNC(=O)c1ccc(CN(C(=O)CN(C)S(=O)(=O)c2ccc(C#N)cc2)C2CC2)cc1. The molecule has 1 aliphatic rings. The third-order valence-corrected chi connectivity index (χ3v) is 6.97. The minimum absolute atomic E-state index is 0.0320. The zero-order valence-electron chi connectivity index (χ0n) is 17.4. The predicted molar refractivity (Wildman–Crippen MR) is 114 cm³/mol. The van der Waals surface area contributed by atoms with Gasteiger partial charge in [-0.05, 0) is 54.8 Å². The average molecular weight is 441 g/mol. The third-order valence-electron chi connectivity index (χ3n) is 5.15. The lowest BCUT2D eigenvalue weighted by atomic mass is 10.1. The number of sulfonamides is 1. The van der Waals surface area contributed by atoms with Crippen LogP contribution in [-0.2, 0) is 21.4 Å². The molecular formula is C22H24N4O4S. The molecule has 0 saturated heterocycles. The molecule has 162 valence electrons. The lowest BCUT2D eigenvalue weighted by molar-refractivity contribution is -0.132. The molecule has 0 heterocycles. The van der Waals surface area contributed by atoms with E-state index in [2.05, 4.69) is 5.32 Å². The van der Waals surface area contributed by atoms with Gasteiger partial charge < -0.3 is 10.2 Å². The van der Waals surface area contributed by atoms with Crippen molar-refractivity contribution in [2.24, 2.45) is 0 Å². The van der Waals surface area contributed by atoms with Crippen molar-refractivity contribution in [3.8, 4) is 6.07 Å². The topological polar surface area (TPSA) is 111 Å². The zero-order valence-corrected chi connectivity index (χ0v) is 18.2. The van der Waals surface area contributed by atoms with Gasteiger partial charge in [0.15, 0.2) is 0 Å². The van der Waals surface area contributed by atoms with Crippen LogP contribution in [0.25, 0.3) is 0 Å². The van der Waals surface area contributed by atoms with E-state index in [1.807, 2.05) is 6.07 Å². The first-order valence-electron chi connectivity index (χ1n) is 9.83. The van der Waals surface area contributed by atoms with Crippen molar-refractivity contribution in [2.75, 3.05) is 20.6 Å². The van der Waals surface area contributed by atoms with E-state index in [4.69, 9.17) is 5.26 Å². The Hall–Kier alpha value is -3.22. The van der Waals surface area contributed by atoms with E-state index >= 15 is 0 Å². The molecular weight excluding hydrogens is 416 g/mol. The highest BCUT2D eigenvalue weighted by Crippen LogP contribution is 2.29. The predicted octanol–water partition coefficient (Wildman–Crippen LogP) is 1.73. The number of hydrogen-bond acceptors (Lipinski definition) is 5. The van der Waals surface area contributed by atoms with E-state index < -0.39 is 10.0 Å². The van der Waals surface area contributed by atoms with Gasteiger partial charge in [-0.15, -0.1) is 0 Å². The molecule has 31 heavy (non-hydrogen) atoms. The van der Waals surface area contributed by atoms with Gasteiger partial charge in [0.1, 0.15) is 0 Å². The van der Waals surface area contributed by atoms with E-state index in [9.17, 15) is 18.0 Å². The smallest absolute Gasteiger partial charge is 0.251 e. The van der Waals surface area contributed by atoms with E-state index in [0.717, 1.165) is 22.7 Å². The van der Waals surface area contributed by atoms with Crippen LogP contribution in [-0.4, -0.2) is 56.1 Å². The van der Waals surface area contributed by atoms with Crippen molar-refractivity contribution >= 4 is 21.8 Å². The molecule has 2 amide bonds. The molecule has 9 heteroatoms. The maximum Gasteiger partial charge on any atom is 0.251 e. The molecule has 0 atom stereocenters. The second-order valence-corrected chi connectivity index (χ2v) is 9.47. The number of nitrogens with zero attached hydrogens (tertiary/aromatic N) is 3. The van der Waals surface area contributed by atoms with Gasteiger partial charge in [0.25, 0.3) is 5.91 Å². The van der Waals surface area contributed by atoms with Crippen LogP contribution in [0, 0.1) is 11.3 Å². The van der Waals surface area contributed by atoms with Crippen molar-refractivity contribution in [3.63, 3.8) is 0 Å². The molecule has 8 nitrogen and oxygen atoms in total. The number of carbonyl (C=O) groups is 2. The molecule has 1 fully saturated rings. The van der Waals surface area contributed by atoms with E-state index in [-0.39, 0.29) is 29.3 Å². The van der Waals surface area contributed by atoms with E-state index in [1.54, 1.807) is 36.2 Å². The summed E-state index contributed by atoms with van der Waals surface area (Å²) < 4.78 is 26.6. The standard InChI is InChI=1S/C22H24N4O4S/c1-24-22(28)18-7-3-17(4-8-18)14-26(19-9-10-19)21(27)15-25(2)31(29,30)20-11-5-16(13-23)6-12-20/h3-8,11-12,19H,9-10,14-15H2,1-2H3,(H,24,28). The van der Waals surface area contributed by atoms with Gasteiger partial charge in [-0.25, -0.2) is 8.42 Å². The first-order chi connectivity index (χ1) is 14.8. The van der Waals surface area contributed by atoms with Crippen LogP contribution in [0.4, 0.5) is 0 Å². The molecule has 0 bridgehead atoms. The summed E-state index contributed by atoms with van der Waals surface area (Å²) in [6.45, 7) is 0.0669. The molecule has 0 aliphatic heterocycles. The van der Waals surface area contributed by atoms with Gasteiger partial charge in [0, 0.05) is 32.2 Å². The Labute approximate surface area is 182 Å². The summed E-state index contributed by atoms with van der Waals surface area (Å²) in [5.74, 6) is -0.464. The van der Waals surface area contributed by atoms with Crippen LogP contribution in [0.3, 0.4) is 0 Å². The zero-order chi connectivity index (χ0) is 22.6. The van der Waals surface area contributed by atoms with Crippen LogP contribution >= 0.6 is 0 Å². The summed E-state index contributed by atoms with van der Waals surface area (Å²) in [4.78, 5) is 26.4. The first-order valence-corrected chi connectivity index (χ1v) is 11.3. The number of rotatable bonds is 8. The lowest BCUT2D eigenvalue weighted by Gasteiger charge is -2.25. The lowest BCUT2D eigenvalue weighted by Crippen LogP contribution is -2.41. The molecule has 3 rings (SSSR count). The Bertz CT molecular complexity index is 1100. The molecule has 1 aliphatic carbocycles. The van der Waals surface area contributed by atoms with E-state index in [1.165, 1.54) is 31.3 Å². The molecule has 2 aromatic carbocycles. The van der Waals surface area contributed by atoms with Gasteiger partial charge in [0.05, 0.1) is 23.1 Å². The number of benzene rings is 2. The summed E-state index contributed by atoms with van der Waals surface area (Å²) in [6, 6.07) is 14.6. The highest BCUT2D eigenvalue weighted by Gasteiger charge is 2.34. The van der Waals surface area contributed by atoms with Crippen LogP contribution in [0.15, 0.2) is 53.4 Å². The monoisotopic (exact) mass is 440 g/mol. The third kappa shape index (κ3) is 5.29. The van der Waals surface area contributed by atoms with Crippen LogP contribution in [0.1, 0.15) is 34.3 Å². The average Bonchev–Trinajstić information content (AvgIpc) is 3.62. The molecule has 0 aromatic heterocycles. The highest BCUT2D eigenvalue weighted by atomic mass is 32.2. The van der Waals surface area contributed by atoms with Gasteiger partial charge in [0.2, 0.25) is 15.9 Å². The van der Waals surface area contributed by atoms with Gasteiger partial charge in [-0.2, -0.15) is 9.57 Å². The number of nitrogens with one attached hydrogen (secondary N) is 1. The fraction of sp³-hybridized carbons (Fsp3) is 0.318. The van der Waals surface area contributed by atoms with Crippen molar-refractivity contribution in [1.29, 1.82) is 5.26 Å². The second kappa shape index (κ2) is 9.29. The quantitative estimate of drug-likeness (QED) is 0.672. The van der Waals surface area contributed by atoms with Gasteiger partial charge >= 0.3 is 0 Å². The van der Waals surface area contributed by atoms with Crippen LogP contribution in [0.2, 0.25) is 0 Å². The van der Waals surface area contributed by atoms with Crippen LogP contribution < -0.4 is 5.32 Å². The van der Waals surface area contributed by atoms with Crippen molar-refractivity contribution in [2.45, 2.75) is 30.3 Å². The van der Waals surface area contributed by atoms with Gasteiger partial charge in [-0.3, -0.25) is 9.59 Å². The maximum atomic E-state index is 13.0. The fourth-order valence-corrected chi connectivity index (χ4v) is 4.28. The molecule has 0 spiro atoms. The van der Waals surface area contributed by atoms with Crippen molar-refractivity contribution in [3.05, 3.63) is 65.2 Å². The minimum Gasteiger partial charge on any atom is -0.355 e. The number of likely N-dealkylation sites (N-methyl/N-ethyl adjacent to an activating group) is 1. The normalized spacial score (nSPS) is 13.5. The van der Waals surface area contributed by atoms with Crippen LogP contribution in [0.5, 0.6) is 0 Å². The molecule has 0 radical (unpaired) electrons. The largest absolute Gasteiger partial charge is 0.355 e. The summed E-state index contributed by atoms with van der Waals surface area (Å²) in [5, 5.41) is 11.4. The summed E-state index contributed by atoms with van der Waals surface area (Å²) in [5.41, 5.74) is 1.76. The summed E-state index contributed by atoms with van der Waals surface area (Å²) in [6.07, 6.45) is 1.77. The van der Waals surface area contributed by atoms with E-state index in [0.29, 0.717) is 17.7 Å². The molecule has 0 unspecified atom stereocenters. The Morgan fingerprint density at radius 2 is 1.71 bits per heavy atom. The Morgan fingerprint density at radius 1 is 1.10 bits per heavy atom. The second-order valence-electron chi connectivity index (χ2n) is 7.43. The number of carbonyl (C=O) groups excluding carboxylic acids is 2.